The van der Waals surface area contributed by atoms with Gasteiger partial charge in [-0.25, -0.2) is 0 Å². The molecule has 1 N–H and O–H groups in total. The first-order chi connectivity index (χ1) is 9.93. The molecule has 0 spiro atoms. The van der Waals surface area contributed by atoms with Crippen LogP contribution in [-0.4, -0.2) is 11.5 Å². The summed E-state index contributed by atoms with van der Waals surface area (Å²) in [7, 11) is 0. The second-order valence-corrected chi connectivity index (χ2v) is 5.42. The summed E-state index contributed by atoms with van der Waals surface area (Å²) in [5.74, 6) is 0. The van der Waals surface area contributed by atoms with E-state index in [1.807, 2.05) is 13.0 Å². The van der Waals surface area contributed by atoms with E-state index >= 15 is 0 Å². The van der Waals surface area contributed by atoms with Crippen LogP contribution in [0, 0.1) is 0 Å². The smallest absolute Gasteiger partial charge is 0.306 e. The number of hydrogen-bond acceptors (Lipinski definition) is 2. The van der Waals surface area contributed by atoms with Crippen LogP contribution >= 0.6 is 15.9 Å². The highest BCUT2D eigenvalue weighted by Gasteiger charge is 2.35. The molecule has 112 valence electrons. The topological polar surface area (TPSA) is 24.9 Å². The number of halogens is 4. The van der Waals surface area contributed by atoms with Crippen LogP contribution in [0.2, 0.25) is 0 Å². The maximum atomic E-state index is 13.2. The Hall–Kier alpha value is -1.40. The second-order valence-electron chi connectivity index (χ2n) is 4.51. The van der Waals surface area contributed by atoms with E-state index in [1.165, 1.54) is 6.20 Å². The number of alkyl halides is 3. The van der Waals surface area contributed by atoms with Crippen molar-refractivity contribution in [3.8, 4) is 0 Å². The molecule has 0 aliphatic heterocycles. The zero-order valence-electron chi connectivity index (χ0n) is 11.3. The fraction of sp³-hybridized carbons (Fsp3) is 0.267. The molecular weight excluding hydrogens is 345 g/mol. The Bertz CT molecular complexity index is 614. The molecular formula is C15H14BrF3N2. The molecule has 1 aromatic heterocycles. The Labute approximate surface area is 129 Å². The van der Waals surface area contributed by atoms with E-state index in [2.05, 4.69) is 26.2 Å². The summed E-state index contributed by atoms with van der Waals surface area (Å²) in [6, 6.07) is 7.69. The lowest BCUT2D eigenvalue weighted by Crippen LogP contribution is -2.25. The number of nitrogens with zero attached hydrogens (tertiary/aromatic N) is 1. The number of rotatable bonds is 4. The van der Waals surface area contributed by atoms with Crippen molar-refractivity contribution in [1.82, 2.24) is 10.3 Å². The summed E-state index contributed by atoms with van der Waals surface area (Å²) in [6.45, 7) is 2.40. The second kappa shape index (κ2) is 6.58. The van der Waals surface area contributed by atoms with E-state index in [0.717, 1.165) is 22.3 Å². The lowest BCUT2D eigenvalue weighted by Gasteiger charge is -2.22. The van der Waals surface area contributed by atoms with E-state index < -0.39 is 17.8 Å². The van der Waals surface area contributed by atoms with Gasteiger partial charge in [0.05, 0.1) is 11.6 Å². The van der Waals surface area contributed by atoms with Crippen molar-refractivity contribution in [2.24, 2.45) is 0 Å². The average Bonchev–Trinajstić information content (AvgIpc) is 2.44. The van der Waals surface area contributed by atoms with Gasteiger partial charge in [-0.15, -0.1) is 0 Å². The van der Waals surface area contributed by atoms with E-state index in [1.54, 1.807) is 18.2 Å². The summed E-state index contributed by atoms with van der Waals surface area (Å²) in [4.78, 5) is 3.86. The number of hydrogen-bond donors (Lipinski definition) is 1. The van der Waals surface area contributed by atoms with Gasteiger partial charge < -0.3 is 5.32 Å². The van der Waals surface area contributed by atoms with E-state index in [-0.39, 0.29) is 5.56 Å². The third-order valence-electron chi connectivity index (χ3n) is 3.06. The minimum absolute atomic E-state index is 0.130. The maximum Gasteiger partial charge on any atom is 0.416 e. The monoisotopic (exact) mass is 358 g/mol. The fourth-order valence-electron chi connectivity index (χ4n) is 2.19. The molecule has 0 aliphatic rings. The molecule has 0 bridgehead atoms. The first-order valence-corrected chi connectivity index (χ1v) is 7.22. The van der Waals surface area contributed by atoms with E-state index in [0.29, 0.717) is 6.54 Å². The number of pyridine rings is 1. The van der Waals surface area contributed by atoms with Gasteiger partial charge in [0, 0.05) is 22.4 Å². The van der Waals surface area contributed by atoms with E-state index in [4.69, 9.17) is 0 Å². The normalized spacial score (nSPS) is 13.2. The van der Waals surface area contributed by atoms with Crippen molar-refractivity contribution in [3.63, 3.8) is 0 Å². The molecule has 0 saturated heterocycles. The maximum absolute atomic E-state index is 13.2. The molecule has 2 rings (SSSR count). The van der Waals surface area contributed by atoms with Gasteiger partial charge >= 0.3 is 6.18 Å². The van der Waals surface area contributed by atoms with E-state index in [9.17, 15) is 13.2 Å². The predicted octanol–water partition coefficient (Wildman–Crippen LogP) is 4.56. The first-order valence-electron chi connectivity index (χ1n) is 6.43. The minimum atomic E-state index is -4.40. The zero-order chi connectivity index (χ0) is 15.5. The Kier molecular flexibility index (Phi) is 5.00. The van der Waals surface area contributed by atoms with Gasteiger partial charge in [0.15, 0.2) is 0 Å². The quantitative estimate of drug-likeness (QED) is 0.866. The molecule has 1 heterocycles. The van der Waals surface area contributed by atoms with Crippen LogP contribution in [0.5, 0.6) is 0 Å². The molecule has 6 heteroatoms. The highest BCUT2D eigenvalue weighted by atomic mass is 79.9. The molecule has 0 fully saturated rings. The average molecular weight is 359 g/mol. The molecule has 2 nitrogen and oxygen atoms in total. The number of nitrogens with one attached hydrogen (secondary N) is 1. The van der Waals surface area contributed by atoms with Crippen LogP contribution in [0.3, 0.4) is 0 Å². The van der Waals surface area contributed by atoms with Crippen molar-refractivity contribution < 1.29 is 13.2 Å². The van der Waals surface area contributed by atoms with Crippen molar-refractivity contribution in [2.75, 3.05) is 6.54 Å². The fourth-order valence-corrected chi connectivity index (χ4v) is 2.61. The van der Waals surface area contributed by atoms with Crippen molar-refractivity contribution in [1.29, 1.82) is 0 Å². The van der Waals surface area contributed by atoms with Crippen LogP contribution in [0.1, 0.15) is 29.7 Å². The van der Waals surface area contributed by atoms with Crippen LogP contribution in [0.25, 0.3) is 0 Å². The van der Waals surface area contributed by atoms with Gasteiger partial charge in [0.2, 0.25) is 0 Å². The molecule has 0 saturated carbocycles. The van der Waals surface area contributed by atoms with Gasteiger partial charge in [-0.05, 0) is 30.3 Å². The number of benzene rings is 1. The summed E-state index contributed by atoms with van der Waals surface area (Å²) in [5.41, 5.74) is 0.220. The molecule has 1 unspecified atom stereocenters. The van der Waals surface area contributed by atoms with Gasteiger partial charge in [0.1, 0.15) is 0 Å². The van der Waals surface area contributed by atoms with Crippen LogP contribution in [0.4, 0.5) is 13.2 Å². The first kappa shape index (κ1) is 16.0. The number of aromatic nitrogens is 1. The van der Waals surface area contributed by atoms with Crippen LogP contribution in [0.15, 0.2) is 47.2 Å². The third kappa shape index (κ3) is 3.83. The standard InChI is InChI=1S/C15H14BrF3N2/c1-2-21-14(10-4-3-5-11(16)8-10)12-9-20-7-6-13(12)15(17,18)19/h3-9,14,21H,2H2,1H3. The molecule has 21 heavy (non-hydrogen) atoms. The molecule has 2 aromatic rings. The Morgan fingerprint density at radius 2 is 2.05 bits per heavy atom. The third-order valence-corrected chi connectivity index (χ3v) is 3.55. The Morgan fingerprint density at radius 1 is 1.29 bits per heavy atom. The van der Waals surface area contributed by atoms with Gasteiger partial charge in [-0.3, -0.25) is 4.98 Å². The lowest BCUT2D eigenvalue weighted by atomic mass is 9.96. The molecule has 0 aliphatic carbocycles. The van der Waals surface area contributed by atoms with Gasteiger partial charge in [-0.1, -0.05) is 35.0 Å². The largest absolute Gasteiger partial charge is 0.416 e. The van der Waals surface area contributed by atoms with Crippen molar-refractivity contribution >= 4 is 15.9 Å². The summed E-state index contributed by atoms with van der Waals surface area (Å²) in [5, 5.41) is 3.09. The van der Waals surface area contributed by atoms with Gasteiger partial charge in [-0.2, -0.15) is 13.2 Å². The summed E-state index contributed by atoms with van der Waals surface area (Å²) < 4.78 is 40.4. The Morgan fingerprint density at radius 3 is 2.67 bits per heavy atom. The minimum Gasteiger partial charge on any atom is -0.306 e. The molecule has 1 aromatic carbocycles. The molecule has 0 radical (unpaired) electrons. The highest BCUT2D eigenvalue weighted by molar-refractivity contribution is 9.10. The van der Waals surface area contributed by atoms with Gasteiger partial charge in [0.25, 0.3) is 0 Å². The highest BCUT2D eigenvalue weighted by Crippen LogP contribution is 2.36. The molecule has 0 amide bonds. The van der Waals surface area contributed by atoms with Crippen molar-refractivity contribution in [2.45, 2.75) is 19.1 Å². The van der Waals surface area contributed by atoms with Crippen molar-refractivity contribution in [3.05, 3.63) is 63.9 Å². The predicted molar refractivity (Wildman–Crippen MR) is 78.9 cm³/mol. The van der Waals surface area contributed by atoms with Crippen LogP contribution in [-0.2, 0) is 6.18 Å². The van der Waals surface area contributed by atoms with Crippen LogP contribution < -0.4 is 5.32 Å². The molecule has 1 atom stereocenters. The SMILES string of the molecule is CCNC(c1cccc(Br)c1)c1cnccc1C(F)(F)F. The summed E-state index contributed by atoms with van der Waals surface area (Å²) >= 11 is 3.35. The summed E-state index contributed by atoms with van der Waals surface area (Å²) in [6.07, 6.45) is -1.97. The Balaban J connectivity index is 2.54. The zero-order valence-corrected chi connectivity index (χ0v) is 12.9. The lowest BCUT2D eigenvalue weighted by molar-refractivity contribution is -0.138.